The van der Waals surface area contributed by atoms with Crippen molar-refractivity contribution in [3.63, 3.8) is 0 Å². The number of rotatable bonds is 3. The SMILES string of the molecule is O=C1c2ccccc2C(=O)c2c(OCCO)ccc(O)c21. The Morgan fingerprint density at radius 2 is 1.52 bits per heavy atom. The molecule has 5 nitrogen and oxygen atoms in total. The first-order valence-corrected chi connectivity index (χ1v) is 6.43. The van der Waals surface area contributed by atoms with Crippen LogP contribution in [0.3, 0.4) is 0 Å². The van der Waals surface area contributed by atoms with Gasteiger partial charge in [0.05, 0.1) is 17.7 Å². The number of carbonyl (C=O) groups is 2. The molecular formula is C16H12O5. The summed E-state index contributed by atoms with van der Waals surface area (Å²) in [5.41, 5.74) is 0.556. The molecule has 0 atom stereocenters. The average molecular weight is 284 g/mol. The molecule has 0 aliphatic heterocycles. The van der Waals surface area contributed by atoms with E-state index in [0.717, 1.165) is 0 Å². The highest BCUT2D eigenvalue weighted by Crippen LogP contribution is 2.37. The van der Waals surface area contributed by atoms with Crippen molar-refractivity contribution < 1.29 is 24.5 Å². The molecule has 3 rings (SSSR count). The second kappa shape index (κ2) is 5.03. The molecular weight excluding hydrogens is 272 g/mol. The van der Waals surface area contributed by atoms with Gasteiger partial charge in [-0.15, -0.1) is 0 Å². The van der Waals surface area contributed by atoms with Gasteiger partial charge in [0.2, 0.25) is 0 Å². The van der Waals surface area contributed by atoms with Crippen molar-refractivity contribution in [2.24, 2.45) is 0 Å². The largest absolute Gasteiger partial charge is 0.507 e. The number of aliphatic hydroxyl groups excluding tert-OH is 1. The Hall–Kier alpha value is -2.66. The van der Waals surface area contributed by atoms with E-state index in [9.17, 15) is 14.7 Å². The zero-order valence-corrected chi connectivity index (χ0v) is 11.0. The third kappa shape index (κ3) is 1.98. The number of hydrogen-bond acceptors (Lipinski definition) is 5. The molecule has 0 bridgehead atoms. The number of hydrogen-bond donors (Lipinski definition) is 2. The molecule has 0 heterocycles. The highest BCUT2D eigenvalue weighted by Gasteiger charge is 2.34. The van der Waals surface area contributed by atoms with Crippen LogP contribution in [0.15, 0.2) is 36.4 Å². The molecule has 1 aliphatic rings. The van der Waals surface area contributed by atoms with Crippen LogP contribution in [-0.2, 0) is 0 Å². The Balaban J connectivity index is 2.24. The topological polar surface area (TPSA) is 83.8 Å². The average Bonchev–Trinajstić information content (AvgIpc) is 2.51. The normalized spacial score (nSPS) is 12.8. The zero-order chi connectivity index (χ0) is 15.0. The first-order valence-electron chi connectivity index (χ1n) is 6.43. The van der Waals surface area contributed by atoms with Crippen molar-refractivity contribution in [1.82, 2.24) is 0 Å². The maximum atomic E-state index is 12.6. The fourth-order valence-electron chi connectivity index (χ4n) is 2.45. The molecule has 0 spiro atoms. The zero-order valence-electron chi connectivity index (χ0n) is 11.0. The van der Waals surface area contributed by atoms with Gasteiger partial charge in [0.25, 0.3) is 0 Å². The van der Waals surface area contributed by atoms with E-state index >= 15 is 0 Å². The molecule has 2 aromatic carbocycles. The maximum absolute atomic E-state index is 12.6. The van der Waals surface area contributed by atoms with Crippen LogP contribution in [0.25, 0.3) is 0 Å². The lowest BCUT2D eigenvalue weighted by Gasteiger charge is -2.20. The number of ether oxygens (including phenoxy) is 1. The lowest BCUT2D eigenvalue weighted by molar-refractivity contribution is 0.0972. The van der Waals surface area contributed by atoms with Crippen LogP contribution in [0.2, 0.25) is 0 Å². The van der Waals surface area contributed by atoms with Gasteiger partial charge in [0.15, 0.2) is 11.6 Å². The standard InChI is InChI=1S/C16H12O5/c17-7-8-21-12-6-5-11(18)13-14(12)16(20)10-4-2-1-3-9(10)15(13)19/h1-6,17-18H,7-8H2. The highest BCUT2D eigenvalue weighted by molar-refractivity contribution is 6.30. The molecule has 5 heteroatoms. The summed E-state index contributed by atoms with van der Waals surface area (Å²) in [5.74, 6) is -0.852. The molecule has 0 radical (unpaired) electrons. The van der Waals surface area contributed by atoms with Crippen LogP contribution >= 0.6 is 0 Å². The van der Waals surface area contributed by atoms with Crippen molar-refractivity contribution in [3.8, 4) is 11.5 Å². The Bertz CT molecular complexity index is 748. The minimum absolute atomic E-state index is 0.000330. The molecule has 2 N–H and O–H groups in total. The fraction of sp³-hybridized carbons (Fsp3) is 0.125. The Morgan fingerprint density at radius 1 is 0.905 bits per heavy atom. The molecule has 0 unspecified atom stereocenters. The van der Waals surface area contributed by atoms with Gasteiger partial charge < -0.3 is 14.9 Å². The molecule has 106 valence electrons. The van der Waals surface area contributed by atoms with E-state index in [2.05, 4.69) is 0 Å². The second-order valence-corrected chi connectivity index (χ2v) is 4.61. The summed E-state index contributed by atoms with van der Waals surface area (Å²) in [4.78, 5) is 25.1. The van der Waals surface area contributed by atoms with E-state index in [-0.39, 0.29) is 52.7 Å². The second-order valence-electron chi connectivity index (χ2n) is 4.61. The van der Waals surface area contributed by atoms with Crippen molar-refractivity contribution in [2.45, 2.75) is 0 Å². The lowest BCUT2D eigenvalue weighted by atomic mass is 9.83. The van der Waals surface area contributed by atoms with E-state index in [1.807, 2.05) is 0 Å². The summed E-state index contributed by atoms with van der Waals surface area (Å²) in [6.45, 7) is -0.214. The highest BCUT2D eigenvalue weighted by atomic mass is 16.5. The number of ketones is 2. The predicted octanol–water partition coefficient (Wildman–Crippen LogP) is 1.54. The van der Waals surface area contributed by atoms with Crippen LogP contribution in [-0.4, -0.2) is 35.0 Å². The van der Waals surface area contributed by atoms with Gasteiger partial charge in [-0.3, -0.25) is 9.59 Å². The van der Waals surface area contributed by atoms with Crippen molar-refractivity contribution in [1.29, 1.82) is 0 Å². The van der Waals surface area contributed by atoms with Crippen molar-refractivity contribution >= 4 is 11.6 Å². The molecule has 2 aromatic rings. The van der Waals surface area contributed by atoms with E-state index in [4.69, 9.17) is 9.84 Å². The monoisotopic (exact) mass is 284 g/mol. The number of aliphatic hydroxyl groups is 1. The van der Waals surface area contributed by atoms with Gasteiger partial charge in [-0.25, -0.2) is 0 Å². The van der Waals surface area contributed by atoms with E-state index in [1.165, 1.54) is 12.1 Å². The summed E-state index contributed by atoms with van der Waals surface area (Å²) in [6, 6.07) is 9.19. The number of fused-ring (bicyclic) bond motifs is 2. The minimum Gasteiger partial charge on any atom is -0.507 e. The first kappa shape index (κ1) is 13.3. The van der Waals surface area contributed by atoms with Gasteiger partial charge in [-0.2, -0.15) is 0 Å². The molecule has 0 amide bonds. The van der Waals surface area contributed by atoms with Gasteiger partial charge in [-0.1, -0.05) is 24.3 Å². The van der Waals surface area contributed by atoms with Crippen LogP contribution in [0.4, 0.5) is 0 Å². The van der Waals surface area contributed by atoms with E-state index in [0.29, 0.717) is 0 Å². The number of benzene rings is 2. The maximum Gasteiger partial charge on any atom is 0.198 e. The van der Waals surface area contributed by atoms with Crippen molar-refractivity contribution in [3.05, 3.63) is 58.7 Å². The first-order chi connectivity index (χ1) is 10.1. The number of phenolic OH excluding ortho intramolecular Hbond substituents is 1. The lowest BCUT2D eigenvalue weighted by Crippen LogP contribution is -2.22. The van der Waals surface area contributed by atoms with Gasteiger partial charge >= 0.3 is 0 Å². The molecule has 0 aromatic heterocycles. The number of aromatic hydroxyl groups is 1. The van der Waals surface area contributed by atoms with Crippen molar-refractivity contribution in [2.75, 3.05) is 13.2 Å². The van der Waals surface area contributed by atoms with Crippen LogP contribution in [0.5, 0.6) is 11.5 Å². The quantitative estimate of drug-likeness (QED) is 0.762. The van der Waals surface area contributed by atoms with Crippen LogP contribution in [0.1, 0.15) is 31.8 Å². The smallest absolute Gasteiger partial charge is 0.198 e. The minimum atomic E-state index is -0.410. The van der Waals surface area contributed by atoms with Gasteiger partial charge in [-0.05, 0) is 12.1 Å². The number of carbonyl (C=O) groups excluding carboxylic acids is 2. The fourth-order valence-corrected chi connectivity index (χ4v) is 2.45. The van der Waals surface area contributed by atoms with Gasteiger partial charge in [0.1, 0.15) is 18.1 Å². The summed E-state index contributed by atoms with van der Waals surface area (Å²) < 4.78 is 5.31. The van der Waals surface area contributed by atoms with Crippen LogP contribution in [0, 0.1) is 0 Å². The van der Waals surface area contributed by atoms with Gasteiger partial charge in [0, 0.05) is 11.1 Å². The molecule has 1 aliphatic carbocycles. The molecule has 0 saturated carbocycles. The third-order valence-electron chi connectivity index (χ3n) is 3.36. The summed E-state index contributed by atoms with van der Waals surface area (Å²) >= 11 is 0. The molecule has 21 heavy (non-hydrogen) atoms. The van der Waals surface area contributed by atoms with Crippen LogP contribution < -0.4 is 4.74 Å². The summed E-state index contributed by atoms with van der Waals surface area (Å²) in [7, 11) is 0. The Morgan fingerprint density at radius 3 is 2.14 bits per heavy atom. The van der Waals surface area contributed by atoms with E-state index in [1.54, 1.807) is 24.3 Å². The predicted molar refractivity (Wildman–Crippen MR) is 74.0 cm³/mol. The Labute approximate surface area is 120 Å². The van der Waals surface area contributed by atoms with E-state index < -0.39 is 5.78 Å². The molecule has 0 saturated heterocycles. The molecule has 0 fully saturated rings. The Kier molecular flexibility index (Phi) is 3.19. The summed E-state index contributed by atoms with van der Waals surface area (Å²) in [5, 5.41) is 18.8. The third-order valence-corrected chi connectivity index (χ3v) is 3.36. The number of phenols is 1. The summed E-state index contributed by atoms with van der Waals surface area (Å²) in [6.07, 6.45) is 0.